The summed E-state index contributed by atoms with van der Waals surface area (Å²) in [5.41, 5.74) is 10.6. The molecule has 0 saturated carbocycles. The molecule has 0 spiro atoms. The lowest BCUT2D eigenvalue weighted by Gasteiger charge is -2.21. The molecule has 5 nitrogen and oxygen atoms in total. The van der Waals surface area contributed by atoms with Gasteiger partial charge in [-0.15, -0.1) is 0 Å². The van der Waals surface area contributed by atoms with Crippen LogP contribution in [0.4, 0.5) is 0 Å². The van der Waals surface area contributed by atoms with Crippen LogP contribution >= 0.6 is 0 Å². The van der Waals surface area contributed by atoms with Crippen molar-refractivity contribution in [1.82, 2.24) is 19.5 Å². The van der Waals surface area contributed by atoms with Gasteiger partial charge in [-0.1, -0.05) is 123 Å². The summed E-state index contributed by atoms with van der Waals surface area (Å²) in [6, 6.07) is 56.0. The Balaban J connectivity index is 1.13. The normalized spacial score (nSPS) is 13.4. The van der Waals surface area contributed by atoms with Crippen LogP contribution in [0.15, 0.2) is 162 Å². The van der Waals surface area contributed by atoms with Crippen LogP contribution in [0.2, 0.25) is 0 Å². The lowest BCUT2D eigenvalue weighted by atomic mass is 9.82. The van der Waals surface area contributed by atoms with Crippen LogP contribution in [0.25, 0.3) is 105 Å². The zero-order valence-electron chi connectivity index (χ0n) is 30.2. The zero-order valence-corrected chi connectivity index (χ0v) is 30.2. The van der Waals surface area contributed by atoms with Gasteiger partial charge in [0.25, 0.3) is 0 Å². The second kappa shape index (κ2) is 11.0. The van der Waals surface area contributed by atoms with Crippen molar-refractivity contribution < 1.29 is 4.42 Å². The molecule has 11 aromatic rings. The van der Waals surface area contributed by atoms with E-state index in [2.05, 4.69) is 170 Å². The van der Waals surface area contributed by atoms with Crippen molar-refractivity contribution in [3.8, 4) is 39.9 Å². The zero-order chi connectivity index (χ0) is 36.4. The molecule has 0 unspecified atom stereocenters. The quantitative estimate of drug-likeness (QED) is 0.184. The third-order valence-corrected chi connectivity index (χ3v) is 11.8. The fourth-order valence-corrected chi connectivity index (χ4v) is 9.01. The van der Waals surface area contributed by atoms with Crippen LogP contribution in [0, 0.1) is 0 Å². The summed E-state index contributed by atoms with van der Waals surface area (Å²) in [6.07, 6.45) is 0. The summed E-state index contributed by atoms with van der Waals surface area (Å²) >= 11 is 0. The Kier molecular flexibility index (Phi) is 6.05. The molecule has 1 aliphatic rings. The van der Waals surface area contributed by atoms with Crippen molar-refractivity contribution in [1.29, 1.82) is 0 Å². The van der Waals surface area contributed by atoms with Crippen molar-refractivity contribution in [3.05, 3.63) is 169 Å². The van der Waals surface area contributed by atoms with E-state index < -0.39 is 0 Å². The molecule has 258 valence electrons. The first-order valence-electron chi connectivity index (χ1n) is 18.8. The summed E-state index contributed by atoms with van der Waals surface area (Å²) in [5, 5.41) is 9.24. The number of para-hydroxylation sites is 2. The summed E-state index contributed by atoms with van der Waals surface area (Å²) in [7, 11) is 0. The number of hydrogen-bond donors (Lipinski definition) is 0. The van der Waals surface area contributed by atoms with Gasteiger partial charge in [0, 0.05) is 38.1 Å². The number of furan rings is 1. The first-order chi connectivity index (χ1) is 27.0. The molecule has 0 fully saturated rings. The van der Waals surface area contributed by atoms with E-state index in [1.807, 2.05) is 6.07 Å². The highest BCUT2D eigenvalue weighted by atomic mass is 16.3. The summed E-state index contributed by atoms with van der Waals surface area (Å²) in [5.74, 6) is 1.85. The van der Waals surface area contributed by atoms with E-state index in [-0.39, 0.29) is 5.41 Å². The average molecular weight is 705 g/mol. The van der Waals surface area contributed by atoms with E-state index in [4.69, 9.17) is 19.4 Å². The van der Waals surface area contributed by atoms with E-state index in [0.29, 0.717) is 17.6 Å². The maximum absolute atomic E-state index is 6.38. The van der Waals surface area contributed by atoms with Crippen LogP contribution in [0.3, 0.4) is 0 Å². The molecule has 3 heterocycles. The van der Waals surface area contributed by atoms with E-state index in [1.54, 1.807) is 0 Å². The van der Waals surface area contributed by atoms with Crippen LogP contribution in [-0.2, 0) is 5.41 Å². The number of aromatic nitrogens is 4. The molecular weight excluding hydrogens is 673 g/mol. The Morgan fingerprint density at radius 1 is 0.436 bits per heavy atom. The predicted octanol–water partition coefficient (Wildman–Crippen LogP) is 12.8. The standard InChI is InChI=1S/C50H32N4O/c1-50(2)41-27-44-39(25-37(41)38-26-40-36-16-8-10-18-45(36)55-46(40)28-42(38)50)35-15-7-9-17-43(35)54(44)49-52-47(33-21-19-29-11-3-5-13-31(29)23-33)51-48(53-49)34-22-20-30-12-4-6-14-32(30)24-34/h3-28H,1-2H3. The highest BCUT2D eigenvalue weighted by Gasteiger charge is 2.37. The van der Waals surface area contributed by atoms with Gasteiger partial charge in [0.15, 0.2) is 11.6 Å². The van der Waals surface area contributed by atoms with E-state index in [0.717, 1.165) is 65.6 Å². The van der Waals surface area contributed by atoms with Crippen molar-refractivity contribution in [3.63, 3.8) is 0 Å². The molecule has 0 radical (unpaired) electrons. The van der Waals surface area contributed by atoms with Crippen molar-refractivity contribution in [2.75, 3.05) is 0 Å². The second-order valence-corrected chi connectivity index (χ2v) is 15.3. The Bertz CT molecular complexity index is 3330. The van der Waals surface area contributed by atoms with Gasteiger partial charge in [-0.05, 0) is 92.3 Å². The molecule has 0 bridgehead atoms. The molecule has 0 amide bonds. The largest absolute Gasteiger partial charge is 0.456 e. The molecule has 5 heteroatoms. The number of hydrogen-bond acceptors (Lipinski definition) is 4. The minimum atomic E-state index is -0.265. The smallest absolute Gasteiger partial charge is 0.238 e. The lowest BCUT2D eigenvalue weighted by Crippen LogP contribution is -2.15. The molecule has 55 heavy (non-hydrogen) atoms. The first kappa shape index (κ1) is 30.4. The molecule has 0 atom stereocenters. The molecular formula is C50H32N4O. The minimum absolute atomic E-state index is 0.265. The van der Waals surface area contributed by atoms with Gasteiger partial charge in [-0.25, -0.2) is 4.98 Å². The van der Waals surface area contributed by atoms with Gasteiger partial charge in [-0.2, -0.15) is 9.97 Å². The Morgan fingerprint density at radius 3 is 1.69 bits per heavy atom. The third kappa shape index (κ3) is 4.38. The van der Waals surface area contributed by atoms with Gasteiger partial charge in [0.05, 0.1) is 11.0 Å². The van der Waals surface area contributed by atoms with E-state index in [9.17, 15) is 0 Å². The molecule has 8 aromatic carbocycles. The van der Waals surface area contributed by atoms with Gasteiger partial charge in [-0.3, -0.25) is 4.57 Å². The predicted molar refractivity (Wildman–Crippen MR) is 225 cm³/mol. The van der Waals surface area contributed by atoms with Crippen LogP contribution < -0.4 is 0 Å². The SMILES string of the molecule is CC1(C)c2cc3oc4ccccc4c3cc2-c2cc3c4ccccc4n(-c4nc(-c5ccc6ccccc6c5)nc(-c5ccc6ccccc6c5)n4)c3cc21. The first-order valence-corrected chi connectivity index (χ1v) is 18.8. The van der Waals surface area contributed by atoms with Crippen molar-refractivity contribution in [2.24, 2.45) is 0 Å². The number of rotatable bonds is 3. The average Bonchev–Trinajstić information content (AvgIpc) is 3.83. The van der Waals surface area contributed by atoms with E-state index >= 15 is 0 Å². The highest BCUT2D eigenvalue weighted by Crippen LogP contribution is 2.53. The maximum atomic E-state index is 6.38. The number of fused-ring (bicyclic) bond motifs is 11. The Hall–Kier alpha value is -7.11. The lowest BCUT2D eigenvalue weighted by molar-refractivity contribution is 0.647. The fourth-order valence-electron chi connectivity index (χ4n) is 9.01. The van der Waals surface area contributed by atoms with Crippen molar-refractivity contribution in [2.45, 2.75) is 19.3 Å². The van der Waals surface area contributed by atoms with Gasteiger partial charge >= 0.3 is 0 Å². The monoisotopic (exact) mass is 704 g/mol. The highest BCUT2D eigenvalue weighted by molar-refractivity contribution is 6.13. The van der Waals surface area contributed by atoms with Crippen LogP contribution in [0.5, 0.6) is 0 Å². The van der Waals surface area contributed by atoms with Crippen LogP contribution in [-0.4, -0.2) is 19.5 Å². The molecule has 1 aliphatic carbocycles. The van der Waals surface area contributed by atoms with E-state index in [1.165, 1.54) is 33.0 Å². The number of nitrogens with zero attached hydrogens (tertiary/aromatic N) is 4. The minimum Gasteiger partial charge on any atom is -0.456 e. The fraction of sp³-hybridized carbons (Fsp3) is 0.0600. The Morgan fingerprint density at radius 2 is 1.00 bits per heavy atom. The molecule has 0 saturated heterocycles. The van der Waals surface area contributed by atoms with Gasteiger partial charge < -0.3 is 4.42 Å². The molecule has 12 rings (SSSR count). The van der Waals surface area contributed by atoms with Crippen molar-refractivity contribution >= 4 is 65.3 Å². The molecule has 0 aliphatic heterocycles. The molecule has 3 aromatic heterocycles. The number of benzene rings is 8. The second-order valence-electron chi connectivity index (χ2n) is 15.3. The Labute approximate surface area is 316 Å². The summed E-state index contributed by atoms with van der Waals surface area (Å²) < 4.78 is 8.62. The van der Waals surface area contributed by atoms with Gasteiger partial charge in [0.1, 0.15) is 11.2 Å². The van der Waals surface area contributed by atoms with Crippen LogP contribution in [0.1, 0.15) is 25.0 Å². The maximum Gasteiger partial charge on any atom is 0.238 e. The summed E-state index contributed by atoms with van der Waals surface area (Å²) in [4.78, 5) is 15.8. The third-order valence-electron chi connectivity index (χ3n) is 11.8. The topological polar surface area (TPSA) is 56.7 Å². The molecule has 0 N–H and O–H groups in total. The van der Waals surface area contributed by atoms with Gasteiger partial charge in [0.2, 0.25) is 5.95 Å². The summed E-state index contributed by atoms with van der Waals surface area (Å²) in [6.45, 7) is 4.65.